The minimum absolute atomic E-state index is 0.847. The Kier molecular flexibility index (Phi) is 3.57. The van der Waals surface area contributed by atoms with Crippen LogP contribution in [0.25, 0.3) is 22.5 Å². The number of halogens is 1. The number of nitrogens with zero attached hydrogens (tertiary/aromatic N) is 4. The van der Waals surface area contributed by atoms with Gasteiger partial charge in [-0.15, -0.1) is 5.10 Å². The van der Waals surface area contributed by atoms with E-state index in [1.54, 1.807) is 11.9 Å². The van der Waals surface area contributed by atoms with Crippen molar-refractivity contribution in [3.05, 3.63) is 54.1 Å². The Bertz CT molecular complexity index is 846. The summed E-state index contributed by atoms with van der Waals surface area (Å²) in [6, 6.07) is 16.9. The fourth-order valence-corrected chi connectivity index (χ4v) is 4.08. The van der Waals surface area contributed by atoms with E-state index in [2.05, 4.69) is 84.8 Å². The molecule has 0 N–H and O–H groups in total. The van der Waals surface area contributed by atoms with Crippen LogP contribution in [0.15, 0.2) is 48.5 Å². The van der Waals surface area contributed by atoms with Crippen LogP contribution in [-0.4, -0.2) is 20.7 Å². The second-order valence-electron chi connectivity index (χ2n) is 5.04. The monoisotopic (exact) mass is 420 g/mol. The summed E-state index contributed by atoms with van der Waals surface area (Å²) in [4.78, 5) is 0. The molecule has 110 valence electrons. The van der Waals surface area contributed by atoms with Gasteiger partial charge in [0.1, 0.15) is 11.4 Å². The highest BCUT2D eigenvalue weighted by atomic mass is 127. The zero-order valence-corrected chi connectivity index (χ0v) is 14.9. The second-order valence-corrected chi connectivity index (χ2v) is 6.91. The molecule has 0 amide bonds. The number of para-hydroxylation sites is 1. The van der Waals surface area contributed by atoms with Crippen LogP contribution in [0.5, 0.6) is 0 Å². The molecule has 0 unspecified atom stereocenters. The van der Waals surface area contributed by atoms with Crippen molar-refractivity contribution in [2.45, 2.75) is 6.54 Å². The van der Waals surface area contributed by atoms with Crippen molar-refractivity contribution >= 4 is 40.5 Å². The Balaban J connectivity index is 2.10. The maximum Gasteiger partial charge on any atom is 0.122 e. The standard InChI is InChI=1S/C16H13IN4S/c1-22-21-16-13-8-4-5-9-14(13)20(17)10-11-6-2-3-7-12(11)15(16)18-19-21/h2-9H,10H2,1H3. The lowest BCUT2D eigenvalue weighted by atomic mass is 9.97. The van der Waals surface area contributed by atoms with Crippen LogP contribution in [0.4, 0.5) is 5.69 Å². The van der Waals surface area contributed by atoms with Crippen LogP contribution in [0, 0.1) is 0 Å². The first-order valence-electron chi connectivity index (χ1n) is 6.91. The molecule has 0 saturated carbocycles. The molecule has 0 atom stereocenters. The number of fused-ring (bicyclic) bond motifs is 5. The average molecular weight is 420 g/mol. The van der Waals surface area contributed by atoms with Crippen molar-refractivity contribution in [1.29, 1.82) is 0 Å². The molecule has 3 aromatic rings. The van der Waals surface area contributed by atoms with Crippen LogP contribution < -0.4 is 3.11 Å². The fraction of sp³-hybridized carbons (Fsp3) is 0.125. The number of benzene rings is 2. The van der Waals surface area contributed by atoms with Crippen molar-refractivity contribution in [3.63, 3.8) is 0 Å². The molecule has 4 nitrogen and oxygen atoms in total. The average Bonchev–Trinajstić information content (AvgIpc) is 2.97. The fourth-order valence-electron chi connectivity index (χ4n) is 2.82. The van der Waals surface area contributed by atoms with Gasteiger partial charge in [0.2, 0.25) is 0 Å². The van der Waals surface area contributed by atoms with Crippen LogP contribution >= 0.6 is 34.8 Å². The molecule has 0 radical (unpaired) electrons. The molecular formula is C16H13IN4S. The first-order valence-corrected chi connectivity index (χ1v) is 9.05. The quantitative estimate of drug-likeness (QED) is 0.432. The first-order chi connectivity index (χ1) is 10.8. The predicted octanol–water partition coefficient (Wildman–Crippen LogP) is 4.41. The molecule has 0 saturated heterocycles. The van der Waals surface area contributed by atoms with Gasteiger partial charge >= 0.3 is 0 Å². The minimum atomic E-state index is 0.847. The summed E-state index contributed by atoms with van der Waals surface area (Å²) in [6.07, 6.45) is 2.02. The third-order valence-electron chi connectivity index (χ3n) is 3.82. The summed E-state index contributed by atoms with van der Waals surface area (Å²) < 4.78 is 4.16. The Labute approximate surface area is 147 Å². The van der Waals surface area contributed by atoms with Crippen LogP contribution in [0.1, 0.15) is 5.56 Å². The second kappa shape index (κ2) is 5.58. The predicted molar refractivity (Wildman–Crippen MR) is 100 cm³/mol. The Hall–Kier alpha value is -1.54. The SMILES string of the molecule is CSn1nnc2c1-c1ccccc1N(I)Cc1ccccc1-2. The molecule has 4 rings (SSSR count). The van der Waals surface area contributed by atoms with Crippen molar-refractivity contribution < 1.29 is 0 Å². The zero-order valence-electron chi connectivity index (χ0n) is 11.9. The van der Waals surface area contributed by atoms with Gasteiger partial charge in [0.15, 0.2) is 0 Å². The minimum Gasteiger partial charge on any atom is -0.310 e. The van der Waals surface area contributed by atoms with Gasteiger partial charge in [-0.3, -0.25) is 0 Å². The van der Waals surface area contributed by atoms with Gasteiger partial charge in [-0.2, -0.15) is 4.09 Å². The Morgan fingerprint density at radius 2 is 1.77 bits per heavy atom. The lowest BCUT2D eigenvalue weighted by Gasteiger charge is -2.24. The Morgan fingerprint density at radius 3 is 2.59 bits per heavy atom. The topological polar surface area (TPSA) is 34.0 Å². The van der Waals surface area contributed by atoms with Gasteiger partial charge in [-0.25, -0.2) is 0 Å². The van der Waals surface area contributed by atoms with E-state index in [0.717, 1.165) is 23.5 Å². The van der Waals surface area contributed by atoms with Gasteiger partial charge in [0.25, 0.3) is 0 Å². The molecule has 0 fully saturated rings. The van der Waals surface area contributed by atoms with Gasteiger partial charge in [-0.1, -0.05) is 47.7 Å². The van der Waals surface area contributed by atoms with Gasteiger partial charge < -0.3 is 3.11 Å². The maximum absolute atomic E-state index is 4.47. The summed E-state index contributed by atoms with van der Waals surface area (Å²) in [7, 11) is 0. The highest BCUT2D eigenvalue weighted by Crippen LogP contribution is 2.42. The molecule has 1 aromatic heterocycles. The van der Waals surface area contributed by atoms with E-state index < -0.39 is 0 Å². The van der Waals surface area contributed by atoms with E-state index in [1.807, 2.05) is 10.3 Å². The van der Waals surface area contributed by atoms with E-state index in [-0.39, 0.29) is 0 Å². The van der Waals surface area contributed by atoms with E-state index in [0.29, 0.717) is 0 Å². The Morgan fingerprint density at radius 1 is 1.05 bits per heavy atom. The molecule has 6 heteroatoms. The van der Waals surface area contributed by atoms with Crippen molar-refractivity contribution in [1.82, 2.24) is 14.4 Å². The van der Waals surface area contributed by atoms with Gasteiger partial charge in [0, 0.05) is 17.4 Å². The maximum atomic E-state index is 4.47. The highest BCUT2D eigenvalue weighted by Gasteiger charge is 2.25. The zero-order chi connectivity index (χ0) is 15.1. The summed E-state index contributed by atoms with van der Waals surface area (Å²) in [6.45, 7) is 0.847. The van der Waals surface area contributed by atoms with Crippen LogP contribution in [-0.2, 0) is 6.54 Å². The number of aromatic nitrogens is 3. The number of rotatable bonds is 1. The smallest absolute Gasteiger partial charge is 0.122 e. The third kappa shape index (κ3) is 2.13. The lowest BCUT2D eigenvalue weighted by Crippen LogP contribution is -2.13. The summed E-state index contributed by atoms with van der Waals surface area (Å²) in [5.74, 6) is 0. The third-order valence-corrected chi connectivity index (χ3v) is 5.28. The number of anilines is 1. The van der Waals surface area contributed by atoms with Crippen LogP contribution in [0.2, 0.25) is 0 Å². The van der Waals surface area contributed by atoms with E-state index >= 15 is 0 Å². The van der Waals surface area contributed by atoms with E-state index in [1.165, 1.54) is 16.8 Å². The summed E-state index contributed by atoms with van der Waals surface area (Å²) in [5.41, 5.74) is 6.81. The molecular weight excluding hydrogens is 407 g/mol. The largest absolute Gasteiger partial charge is 0.310 e. The summed E-state index contributed by atoms with van der Waals surface area (Å²) >= 11 is 3.95. The number of hydrogen-bond acceptors (Lipinski definition) is 4. The molecule has 0 bridgehead atoms. The molecule has 2 heterocycles. The van der Waals surface area contributed by atoms with Crippen molar-refractivity contribution in [2.24, 2.45) is 0 Å². The normalized spacial score (nSPS) is 12.9. The van der Waals surface area contributed by atoms with E-state index in [9.17, 15) is 0 Å². The molecule has 2 aromatic carbocycles. The number of hydrogen-bond donors (Lipinski definition) is 0. The molecule has 0 aliphatic carbocycles. The van der Waals surface area contributed by atoms with Crippen molar-refractivity contribution in [3.8, 4) is 22.5 Å². The molecule has 0 spiro atoms. The van der Waals surface area contributed by atoms with Crippen molar-refractivity contribution in [2.75, 3.05) is 9.37 Å². The molecule has 22 heavy (non-hydrogen) atoms. The molecule has 1 aliphatic rings. The van der Waals surface area contributed by atoms with Gasteiger partial charge in [0.05, 0.1) is 35.1 Å². The first kappa shape index (κ1) is 14.1. The highest BCUT2D eigenvalue weighted by molar-refractivity contribution is 14.1. The van der Waals surface area contributed by atoms with Crippen LogP contribution in [0.3, 0.4) is 0 Å². The van der Waals surface area contributed by atoms with E-state index in [4.69, 9.17) is 0 Å². The van der Waals surface area contributed by atoms with Gasteiger partial charge in [-0.05, 0) is 23.6 Å². The lowest BCUT2D eigenvalue weighted by molar-refractivity contribution is 0.897. The summed E-state index contributed by atoms with van der Waals surface area (Å²) in [5, 5.41) is 8.80. The molecule has 1 aliphatic heterocycles.